The lowest BCUT2D eigenvalue weighted by Crippen LogP contribution is -2.47. The molecule has 8 heteroatoms. The van der Waals surface area contributed by atoms with Crippen molar-refractivity contribution in [2.24, 2.45) is 22.7 Å². The van der Waals surface area contributed by atoms with Gasteiger partial charge in [-0.15, -0.1) is 0 Å². The topological polar surface area (TPSA) is 90.9 Å². The van der Waals surface area contributed by atoms with E-state index in [1.54, 1.807) is 36.0 Å². The van der Waals surface area contributed by atoms with E-state index < -0.39 is 4.75 Å². The number of nitrogens with one attached hydrogen (secondary N) is 2. The van der Waals surface area contributed by atoms with Gasteiger partial charge in [0.05, 0.1) is 6.04 Å². The molecule has 5 rings (SSSR count). The number of amidine groups is 1. The van der Waals surface area contributed by atoms with E-state index in [-0.39, 0.29) is 23.6 Å². The molecule has 2 aliphatic carbocycles. The summed E-state index contributed by atoms with van der Waals surface area (Å²) in [4.78, 5) is 43.9. The minimum Gasteiger partial charge on any atom is -0.339 e. The number of thioether (sulfide) groups is 1. The van der Waals surface area contributed by atoms with E-state index in [0.717, 1.165) is 23.9 Å². The Labute approximate surface area is 199 Å². The molecule has 4 atom stereocenters. The Kier molecular flexibility index (Phi) is 5.97. The highest BCUT2D eigenvalue weighted by Crippen LogP contribution is 2.48. The smallest absolute Gasteiger partial charge is 0.253 e. The summed E-state index contributed by atoms with van der Waals surface area (Å²) in [6.07, 6.45) is 6.71. The molecule has 4 aliphatic rings. The lowest BCUT2D eigenvalue weighted by atomic mass is 9.84. The van der Waals surface area contributed by atoms with Crippen LogP contribution in [0, 0.1) is 17.8 Å². The zero-order valence-corrected chi connectivity index (χ0v) is 20.1. The van der Waals surface area contributed by atoms with Crippen LogP contribution in [0.25, 0.3) is 0 Å². The molecule has 1 aromatic rings. The summed E-state index contributed by atoms with van der Waals surface area (Å²) in [5.41, 5.74) is 1.29. The van der Waals surface area contributed by atoms with Gasteiger partial charge in [0.25, 0.3) is 5.91 Å². The molecule has 2 unspecified atom stereocenters. The number of rotatable bonds is 4. The molecule has 2 saturated heterocycles. The molecule has 2 bridgehead atoms. The quantitative estimate of drug-likeness (QED) is 0.706. The van der Waals surface area contributed by atoms with Crippen molar-refractivity contribution in [3.63, 3.8) is 0 Å². The van der Waals surface area contributed by atoms with E-state index in [0.29, 0.717) is 36.3 Å². The van der Waals surface area contributed by atoms with Crippen LogP contribution >= 0.6 is 11.8 Å². The Morgan fingerprint density at radius 3 is 2.45 bits per heavy atom. The summed E-state index contributed by atoms with van der Waals surface area (Å²) in [5, 5.41) is 6.59. The number of carbonyl (C=O) groups is 3. The normalized spacial score (nSPS) is 32.9. The Hall–Kier alpha value is -2.35. The summed E-state index contributed by atoms with van der Waals surface area (Å²) in [5.74, 6) is 1.67. The maximum atomic E-state index is 13.0. The summed E-state index contributed by atoms with van der Waals surface area (Å²) < 4.78 is -0.522. The second-order valence-corrected chi connectivity index (χ2v) is 11.6. The molecule has 1 aromatic carbocycles. The summed E-state index contributed by atoms with van der Waals surface area (Å²) >= 11 is 1.61. The van der Waals surface area contributed by atoms with Crippen LogP contribution in [0.2, 0.25) is 0 Å². The highest BCUT2D eigenvalue weighted by Gasteiger charge is 2.50. The maximum absolute atomic E-state index is 13.0. The first kappa shape index (κ1) is 22.4. The molecule has 33 heavy (non-hydrogen) atoms. The number of anilines is 1. The number of carbonyl (C=O) groups excluding carboxylic acids is 3. The van der Waals surface area contributed by atoms with E-state index in [1.807, 2.05) is 11.8 Å². The van der Waals surface area contributed by atoms with Crippen molar-refractivity contribution in [2.75, 3.05) is 18.4 Å². The SMILES string of the molecule is CC(=O)Nc1ccc(C(=O)N2CCC(C3(C)SC(=NC4C[C@@H]5CC[C@H]4C5)NC3=O)CC2)cc1. The maximum Gasteiger partial charge on any atom is 0.253 e. The zero-order chi connectivity index (χ0) is 23.2. The van der Waals surface area contributed by atoms with Crippen molar-refractivity contribution in [3.05, 3.63) is 29.8 Å². The average Bonchev–Trinajstić information content (AvgIpc) is 3.49. The van der Waals surface area contributed by atoms with Crippen molar-refractivity contribution in [1.82, 2.24) is 10.2 Å². The second kappa shape index (κ2) is 8.78. The highest BCUT2D eigenvalue weighted by atomic mass is 32.2. The third kappa shape index (κ3) is 4.42. The highest BCUT2D eigenvalue weighted by molar-refractivity contribution is 8.16. The van der Waals surface area contributed by atoms with Gasteiger partial charge in [0.1, 0.15) is 4.75 Å². The van der Waals surface area contributed by atoms with Gasteiger partial charge in [-0.3, -0.25) is 19.4 Å². The van der Waals surface area contributed by atoms with Gasteiger partial charge in [0, 0.05) is 31.3 Å². The second-order valence-electron chi connectivity index (χ2n) is 10.2. The van der Waals surface area contributed by atoms with Gasteiger partial charge < -0.3 is 15.5 Å². The summed E-state index contributed by atoms with van der Waals surface area (Å²) in [6.45, 7) is 4.78. The predicted octanol–water partition coefficient (Wildman–Crippen LogP) is 3.66. The largest absolute Gasteiger partial charge is 0.339 e. The van der Waals surface area contributed by atoms with Crippen LogP contribution in [0.15, 0.2) is 29.3 Å². The van der Waals surface area contributed by atoms with Crippen LogP contribution < -0.4 is 10.6 Å². The molecule has 0 spiro atoms. The van der Waals surface area contributed by atoms with Crippen molar-refractivity contribution in [2.45, 2.75) is 63.2 Å². The molecule has 2 heterocycles. The van der Waals surface area contributed by atoms with Crippen molar-refractivity contribution < 1.29 is 14.4 Å². The van der Waals surface area contributed by atoms with E-state index in [2.05, 4.69) is 10.6 Å². The molecule has 2 aliphatic heterocycles. The van der Waals surface area contributed by atoms with Crippen molar-refractivity contribution in [3.8, 4) is 0 Å². The van der Waals surface area contributed by atoms with Gasteiger partial charge >= 0.3 is 0 Å². The molecule has 0 aromatic heterocycles. The molecule has 0 radical (unpaired) electrons. The minimum absolute atomic E-state index is 0.00459. The van der Waals surface area contributed by atoms with Gasteiger partial charge in [-0.1, -0.05) is 18.2 Å². The Bertz CT molecular complexity index is 986. The lowest BCUT2D eigenvalue weighted by molar-refractivity contribution is -0.122. The first-order valence-corrected chi connectivity index (χ1v) is 12.9. The number of piperidine rings is 1. The van der Waals surface area contributed by atoms with Crippen LogP contribution in [-0.4, -0.2) is 51.7 Å². The van der Waals surface area contributed by atoms with Gasteiger partial charge in [-0.25, -0.2) is 0 Å². The number of fused-ring (bicyclic) bond motifs is 2. The van der Waals surface area contributed by atoms with Crippen LogP contribution in [0.5, 0.6) is 0 Å². The van der Waals surface area contributed by atoms with E-state index in [9.17, 15) is 14.4 Å². The minimum atomic E-state index is -0.522. The van der Waals surface area contributed by atoms with E-state index in [1.165, 1.54) is 32.6 Å². The zero-order valence-electron chi connectivity index (χ0n) is 19.3. The van der Waals surface area contributed by atoms with Crippen LogP contribution in [0.4, 0.5) is 5.69 Å². The molecule has 2 saturated carbocycles. The first-order valence-electron chi connectivity index (χ1n) is 12.1. The Morgan fingerprint density at radius 1 is 1.12 bits per heavy atom. The molecule has 7 nitrogen and oxygen atoms in total. The Morgan fingerprint density at radius 2 is 1.85 bits per heavy atom. The standard InChI is InChI=1S/C25H32N4O3S/c1-15(30)26-20-7-5-17(6-8-20)22(31)29-11-9-19(10-12-29)25(2)23(32)28-24(33-25)27-21-14-16-3-4-18(21)13-16/h5-8,16,18-19,21H,3-4,9-14H2,1-2H3,(H,26,30)(H,27,28,32)/t16-,18+,21?,25?/m1/s1. The van der Waals surface area contributed by atoms with Crippen LogP contribution in [-0.2, 0) is 9.59 Å². The number of hydrogen-bond donors (Lipinski definition) is 2. The molecule has 176 valence electrons. The molecular formula is C25H32N4O3S. The number of aliphatic imine (C=N–C) groups is 1. The molecule has 2 N–H and O–H groups in total. The fourth-order valence-electron chi connectivity index (χ4n) is 6.06. The fraction of sp³-hybridized carbons (Fsp3) is 0.600. The lowest BCUT2D eigenvalue weighted by Gasteiger charge is -2.38. The third-order valence-corrected chi connectivity index (χ3v) is 9.32. The number of amides is 3. The number of likely N-dealkylation sites (tertiary alicyclic amines) is 1. The number of benzene rings is 1. The third-order valence-electron chi connectivity index (χ3n) is 7.98. The summed E-state index contributed by atoms with van der Waals surface area (Å²) in [6, 6.07) is 7.38. The van der Waals surface area contributed by atoms with Crippen LogP contribution in [0.3, 0.4) is 0 Å². The van der Waals surface area contributed by atoms with Gasteiger partial charge in [0.15, 0.2) is 5.17 Å². The van der Waals surface area contributed by atoms with Crippen molar-refractivity contribution in [1.29, 1.82) is 0 Å². The first-order chi connectivity index (χ1) is 15.8. The number of hydrogen-bond acceptors (Lipinski definition) is 5. The molecular weight excluding hydrogens is 436 g/mol. The average molecular weight is 469 g/mol. The Balaban J connectivity index is 1.18. The fourth-order valence-corrected chi connectivity index (χ4v) is 7.34. The molecule has 3 amide bonds. The van der Waals surface area contributed by atoms with Crippen molar-refractivity contribution >= 4 is 40.3 Å². The van der Waals surface area contributed by atoms with Crippen LogP contribution in [0.1, 0.15) is 62.7 Å². The monoisotopic (exact) mass is 468 g/mol. The molecule has 4 fully saturated rings. The predicted molar refractivity (Wildman–Crippen MR) is 130 cm³/mol. The number of nitrogens with zero attached hydrogens (tertiary/aromatic N) is 2. The van der Waals surface area contributed by atoms with E-state index in [4.69, 9.17) is 4.99 Å². The van der Waals surface area contributed by atoms with E-state index >= 15 is 0 Å². The summed E-state index contributed by atoms with van der Waals surface area (Å²) in [7, 11) is 0. The van der Waals surface area contributed by atoms with Gasteiger partial charge in [-0.2, -0.15) is 0 Å². The van der Waals surface area contributed by atoms with Gasteiger partial charge in [-0.05, 0) is 81.0 Å². The van der Waals surface area contributed by atoms with Gasteiger partial charge in [0.2, 0.25) is 11.8 Å².